The molecule has 1 saturated carbocycles. The highest BCUT2D eigenvalue weighted by Crippen LogP contribution is 2.41. The number of aliphatic imine (C=N–C) groups is 1. The first-order chi connectivity index (χ1) is 22.0. The van der Waals surface area contributed by atoms with Crippen molar-refractivity contribution in [2.75, 3.05) is 13.1 Å². The van der Waals surface area contributed by atoms with Gasteiger partial charge in [-0.1, -0.05) is 37.0 Å². The number of hydrogen-bond donors (Lipinski definition) is 7. The third-order valence-electron chi connectivity index (χ3n) is 8.25. The van der Waals surface area contributed by atoms with Gasteiger partial charge >= 0.3 is 10.4 Å². The molecule has 1 saturated heterocycles. The highest BCUT2D eigenvalue weighted by molar-refractivity contribution is 7.80. The molecule has 1 aromatic rings. The molecule has 2 aliphatic rings. The van der Waals surface area contributed by atoms with Gasteiger partial charge < -0.3 is 37.2 Å². The standard InChI is InChI=1S/C29H44Cl2N6O9S/c1-15(2)9-21(36-27(41)24(38)12-16-10-19(30)25(39)20(31)11-16)28(42)37-22-14-18(46-47(43,44)45)6-5-17(22)13-23(37)26(40)34-7-3-4-8-35-29(32)33/h10-11,15,17-18,21-24,38-39H,3-9,12-14H2,1-2H3,(H,34,40)(H,36,41)(H4,32,33,35)(H,43,44,45)/t17-,18+,21+,22-,23-,24+/m0/s1. The fourth-order valence-corrected chi connectivity index (χ4v) is 7.25. The summed E-state index contributed by atoms with van der Waals surface area (Å²) in [6, 6.07) is 0.0496. The minimum Gasteiger partial charge on any atom is -0.505 e. The fraction of sp³-hybridized carbons (Fsp3) is 0.655. The molecule has 0 bridgehead atoms. The van der Waals surface area contributed by atoms with Crippen LogP contribution in [-0.2, 0) is 35.4 Å². The second-order valence-electron chi connectivity index (χ2n) is 12.4. The van der Waals surface area contributed by atoms with Crippen LogP contribution in [0.2, 0.25) is 10.0 Å². The van der Waals surface area contributed by atoms with Crippen LogP contribution in [0.15, 0.2) is 17.1 Å². The largest absolute Gasteiger partial charge is 0.505 e. The van der Waals surface area contributed by atoms with Gasteiger partial charge in [-0.15, -0.1) is 0 Å². The van der Waals surface area contributed by atoms with Crippen molar-refractivity contribution in [1.29, 1.82) is 0 Å². The van der Waals surface area contributed by atoms with Crippen LogP contribution in [0.5, 0.6) is 5.75 Å². The smallest absolute Gasteiger partial charge is 0.397 e. The van der Waals surface area contributed by atoms with Crippen LogP contribution in [0.4, 0.5) is 0 Å². The number of phenols is 1. The molecule has 1 aliphatic carbocycles. The van der Waals surface area contributed by atoms with Crippen molar-refractivity contribution in [1.82, 2.24) is 15.5 Å². The zero-order valence-electron chi connectivity index (χ0n) is 26.3. The molecular weight excluding hydrogens is 679 g/mol. The molecule has 2 fully saturated rings. The van der Waals surface area contributed by atoms with Gasteiger partial charge in [-0.05, 0) is 74.5 Å². The van der Waals surface area contributed by atoms with Crippen LogP contribution < -0.4 is 22.1 Å². The molecule has 47 heavy (non-hydrogen) atoms. The maximum Gasteiger partial charge on any atom is 0.397 e. The van der Waals surface area contributed by atoms with E-state index in [1.54, 1.807) is 0 Å². The molecule has 1 aromatic carbocycles. The normalized spacial score (nSPS) is 22.3. The summed E-state index contributed by atoms with van der Waals surface area (Å²) in [5, 5.41) is 25.9. The molecule has 18 heteroatoms. The van der Waals surface area contributed by atoms with E-state index < -0.39 is 58.5 Å². The van der Waals surface area contributed by atoms with Crippen molar-refractivity contribution in [2.45, 2.75) is 95.5 Å². The molecule has 6 atom stereocenters. The molecule has 3 rings (SSSR count). The Balaban J connectivity index is 1.82. The zero-order valence-corrected chi connectivity index (χ0v) is 28.6. The SMILES string of the molecule is CC(C)C[C@@H](NC(=O)[C@H](O)Cc1cc(Cl)c(O)c(Cl)c1)C(=O)N1[C@H](C(=O)NCCCCN=C(N)N)C[C@@H]2CC[C@@H](OS(=O)(=O)O)C[C@@H]21. The predicted molar refractivity (Wildman–Crippen MR) is 175 cm³/mol. The Bertz CT molecular complexity index is 1400. The highest BCUT2D eigenvalue weighted by atomic mass is 35.5. The first-order valence-corrected chi connectivity index (χ1v) is 17.5. The number of aromatic hydroxyl groups is 1. The number of aliphatic hydroxyl groups excluding tert-OH is 1. The van der Waals surface area contributed by atoms with E-state index >= 15 is 0 Å². The van der Waals surface area contributed by atoms with E-state index in [1.165, 1.54) is 17.0 Å². The Morgan fingerprint density at radius 3 is 2.38 bits per heavy atom. The van der Waals surface area contributed by atoms with Gasteiger partial charge in [0, 0.05) is 25.6 Å². The number of nitrogens with zero attached hydrogens (tertiary/aromatic N) is 2. The first-order valence-electron chi connectivity index (χ1n) is 15.4. The number of carbonyl (C=O) groups excluding carboxylic acids is 3. The minimum absolute atomic E-state index is 0.0299. The lowest BCUT2D eigenvalue weighted by Gasteiger charge is -2.38. The summed E-state index contributed by atoms with van der Waals surface area (Å²) in [6.07, 6.45) is -0.296. The van der Waals surface area contributed by atoms with Gasteiger partial charge in [0.2, 0.25) is 17.7 Å². The lowest BCUT2D eigenvalue weighted by Crippen LogP contribution is -2.58. The van der Waals surface area contributed by atoms with Gasteiger partial charge in [0.15, 0.2) is 11.7 Å². The lowest BCUT2D eigenvalue weighted by molar-refractivity contribution is -0.145. The van der Waals surface area contributed by atoms with E-state index in [1.807, 2.05) is 13.8 Å². The Morgan fingerprint density at radius 2 is 1.79 bits per heavy atom. The van der Waals surface area contributed by atoms with E-state index in [0.717, 1.165) is 0 Å². The number of hydrogen-bond acceptors (Lipinski definition) is 9. The fourth-order valence-electron chi connectivity index (χ4n) is 6.20. The van der Waals surface area contributed by atoms with Crippen LogP contribution in [0, 0.1) is 11.8 Å². The van der Waals surface area contributed by atoms with Crippen molar-refractivity contribution in [3.8, 4) is 5.75 Å². The molecule has 1 heterocycles. The van der Waals surface area contributed by atoms with Crippen molar-refractivity contribution in [3.63, 3.8) is 0 Å². The van der Waals surface area contributed by atoms with Crippen molar-refractivity contribution in [2.24, 2.45) is 28.3 Å². The van der Waals surface area contributed by atoms with E-state index in [2.05, 4.69) is 15.6 Å². The molecule has 1 aliphatic heterocycles. The number of fused-ring (bicyclic) bond motifs is 1. The van der Waals surface area contributed by atoms with Gasteiger partial charge in [0.25, 0.3) is 0 Å². The van der Waals surface area contributed by atoms with Crippen LogP contribution in [-0.4, -0.2) is 95.2 Å². The van der Waals surface area contributed by atoms with E-state index in [4.69, 9.17) is 38.9 Å². The maximum atomic E-state index is 14.3. The summed E-state index contributed by atoms with van der Waals surface area (Å²) < 4.78 is 37.1. The van der Waals surface area contributed by atoms with Crippen molar-refractivity contribution < 1.29 is 41.8 Å². The van der Waals surface area contributed by atoms with Gasteiger partial charge in [0.05, 0.1) is 16.1 Å². The third-order valence-corrected chi connectivity index (χ3v) is 9.34. The number of halogens is 2. The molecule has 3 amide bonds. The predicted octanol–water partition coefficient (Wildman–Crippen LogP) is 1.26. The molecule has 15 nitrogen and oxygen atoms in total. The van der Waals surface area contributed by atoms with Crippen LogP contribution in [0.1, 0.15) is 64.4 Å². The Kier molecular flexibility index (Phi) is 13.9. The summed E-state index contributed by atoms with van der Waals surface area (Å²) in [6.45, 7) is 4.38. The minimum atomic E-state index is -4.76. The molecule has 9 N–H and O–H groups in total. The summed E-state index contributed by atoms with van der Waals surface area (Å²) in [7, 11) is -4.76. The number of rotatable bonds is 15. The number of benzene rings is 1. The Hall–Kier alpha value is -2.89. The Labute approximate surface area is 284 Å². The number of likely N-dealkylation sites (tertiary alicyclic amines) is 1. The summed E-state index contributed by atoms with van der Waals surface area (Å²) in [5.41, 5.74) is 11.1. The number of carbonyl (C=O) groups is 3. The van der Waals surface area contributed by atoms with E-state index in [0.29, 0.717) is 50.8 Å². The van der Waals surface area contributed by atoms with E-state index in [9.17, 15) is 37.6 Å². The van der Waals surface area contributed by atoms with Crippen LogP contribution in [0.3, 0.4) is 0 Å². The monoisotopic (exact) mass is 722 g/mol. The molecule has 264 valence electrons. The summed E-state index contributed by atoms with van der Waals surface area (Å²) in [5.74, 6) is -2.44. The number of phenolic OH excluding ortho intramolecular Hbond substituents is 1. The second kappa shape index (κ2) is 17.0. The van der Waals surface area contributed by atoms with Gasteiger partial charge in [0.1, 0.15) is 18.2 Å². The third kappa shape index (κ3) is 11.4. The van der Waals surface area contributed by atoms with Crippen LogP contribution >= 0.6 is 23.2 Å². The quantitative estimate of drug-likeness (QED) is 0.0588. The first kappa shape index (κ1) is 38.6. The van der Waals surface area contributed by atoms with Crippen LogP contribution in [0.25, 0.3) is 0 Å². The maximum absolute atomic E-state index is 14.3. The van der Waals surface area contributed by atoms with Gasteiger partial charge in [-0.3, -0.25) is 23.9 Å². The molecule has 0 radical (unpaired) electrons. The number of nitrogens with one attached hydrogen (secondary N) is 2. The molecule has 0 unspecified atom stereocenters. The topological polar surface area (TPSA) is 247 Å². The Morgan fingerprint density at radius 1 is 1.13 bits per heavy atom. The number of amides is 3. The van der Waals surface area contributed by atoms with Gasteiger partial charge in [-0.25, -0.2) is 4.18 Å². The number of aliphatic hydroxyl groups is 1. The van der Waals surface area contributed by atoms with Crippen molar-refractivity contribution in [3.05, 3.63) is 27.7 Å². The molecular formula is C29H44Cl2N6O9S. The zero-order chi connectivity index (χ0) is 35.1. The summed E-state index contributed by atoms with van der Waals surface area (Å²) >= 11 is 11.9. The molecule has 0 aromatic heterocycles. The average molecular weight is 724 g/mol. The number of guanidine groups is 1. The average Bonchev–Trinajstić information content (AvgIpc) is 3.34. The second-order valence-corrected chi connectivity index (χ2v) is 14.3. The lowest BCUT2D eigenvalue weighted by atomic mass is 9.83. The van der Waals surface area contributed by atoms with Gasteiger partial charge in [-0.2, -0.15) is 8.42 Å². The van der Waals surface area contributed by atoms with Crippen molar-refractivity contribution >= 4 is 57.3 Å². The summed E-state index contributed by atoms with van der Waals surface area (Å²) in [4.78, 5) is 46.3. The molecule has 0 spiro atoms. The van der Waals surface area contributed by atoms with E-state index in [-0.39, 0.29) is 52.9 Å². The number of nitrogens with two attached hydrogens (primary N) is 2. The highest BCUT2D eigenvalue weighted by Gasteiger charge is 2.51. The number of unbranched alkanes of at least 4 members (excludes halogenated alkanes) is 1.